The van der Waals surface area contributed by atoms with Crippen LogP contribution in [0, 0.1) is 6.92 Å². The molecule has 0 fully saturated rings. The summed E-state index contributed by atoms with van der Waals surface area (Å²) in [4.78, 5) is 0.224. The van der Waals surface area contributed by atoms with Crippen LogP contribution in [-0.2, 0) is 21.8 Å². The van der Waals surface area contributed by atoms with Gasteiger partial charge in [-0.3, -0.25) is 4.68 Å². The molecule has 0 unspecified atom stereocenters. The number of nitrogens with zero attached hydrogens (tertiary/aromatic N) is 2. The number of aromatic nitrogens is 2. The third-order valence-corrected chi connectivity index (χ3v) is 4.12. The lowest BCUT2D eigenvalue weighted by atomic mass is 10.5. The first-order chi connectivity index (χ1) is 8.49. The van der Waals surface area contributed by atoms with Gasteiger partial charge in [-0.25, -0.2) is 13.1 Å². The van der Waals surface area contributed by atoms with E-state index in [1.807, 2.05) is 0 Å². The summed E-state index contributed by atoms with van der Waals surface area (Å²) in [6.45, 7) is 3.92. The Balaban J connectivity index is 2.44. The molecule has 0 amide bonds. The second-order valence-corrected chi connectivity index (χ2v) is 5.59. The molecular formula is C10H20N4O3S. The van der Waals surface area contributed by atoms with E-state index < -0.39 is 10.0 Å². The number of rotatable bonds is 8. The van der Waals surface area contributed by atoms with Crippen molar-refractivity contribution in [2.45, 2.75) is 11.8 Å². The number of aryl methyl sites for hydroxylation is 1. The van der Waals surface area contributed by atoms with Crippen molar-refractivity contribution in [1.82, 2.24) is 19.8 Å². The number of ether oxygens (including phenoxy) is 1. The van der Waals surface area contributed by atoms with Crippen LogP contribution in [0.5, 0.6) is 0 Å². The first-order valence-corrected chi connectivity index (χ1v) is 7.15. The summed E-state index contributed by atoms with van der Waals surface area (Å²) in [5.41, 5.74) is 0.620. The fourth-order valence-corrected chi connectivity index (χ4v) is 2.63. The average Bonchev–Trinajstić information content (AvgIpc) is 2.65. The lowest BCUT2D eigenvalue weighted by Crippen LogP contribution is -2.33. The molecule has 104 valence electrons. The van der Waals surface area contributed by atoms with Crippen LogP contribution in [0.25, 0.3) is 0 Å². The highest BCUT2D eigenvalue weighted by molar-refractivity contribution is 7.89. The minimum absolute atomic E-state index is 0.224. The molecule has 0 atom stereocenters. The predicted octanol–water partition coefficient (Wildman–Crippen LogP) is -0.757. The van der Waals surface area contributed by atoms with E-state index in [1.165, 1.54) is 10.9 Å². The van der Waals surface area contributed by atoms with Crippen LogP contribution in [0.2, 0.25) is 0 Å². The maximum absolute atomic E-state index is 11.9. The molecule has 0 saturated heterocycles. The highest BCUT2D eigenvalue weighted by Gasteiger charge is 2.18. The third-order valence-electron chi connectivity index (χ3n) is 2.56. The molecular weight excluding hydrogens is 256 g/mol. The fourth-order valence-electron chi connectivity index (χ4n) is 1.39. The number of nitrogens with one attached hydrogen (secondary N) is 2. The summed E-state index contributed by atoms with van der Waals surface area (Å²) < 4.78 is 32.8. The highest BCUT2D eigenvalue weighted by Crippen LogP contribution is 2.12. The Kier molecular flexibility index (Phi) is 5.73. The quantitative estimate of drug-likeness (QED) is 0.610. The predicted molar refractivity (Wildman–Crippen MR) is 67.9 cm³/mol. The summed E-state index contributed by atoms with van der Waals surface area (Å²) in [7, 11) is -0.138. The van der Waals surface area contributed by atoms with Gasteiger partial charge in [-0.05, 0) is 6.92 Å². The van der Waals surface area contributed by atoms with Gasteiger partial charge in [-0.2, -0.15) is 5.10 Å². The average molecular weight is 276 g/mol. The molecule has 7 nitrogen and oxygen atoms in total. The second-order valence-electron chi connectivity index (χ2n) is 3.86. The van der Waals surface area contributed by atoms with Gasteiger partial charge in [0.25, 0.3) is 0 Å². The normalized spacial score (nSPS) is 11.9. The molecule has 0 radical (unpaired) electrons. The van der Waals surface area contributed by atoms with Crippen LogP contribution in [-0.4, -0.2) is 51.5 Å². The Hall–Kier alpha value is -0.960. The Labute approximate surface area is 108 Å². The second kappa shape index (κ2) is 6.83. The van der Waals surface area contributed by atoms with Crippen LogP contribution >= 0.6 is 0 Å². The number of sulfonamides is 1. The Morgan fingerprint density at radius 1 is 1.39 bits per heavy atom. The molecule has 8 heteroatoms. The highest BCUT2D eigenvalue weighted by atomic mass is 32.2. The smallest absolute Gasteiger partial charge is 0.244 e. The van der Waals surface area contributed by atoms with Gasteiger partial charge in [-0.15, -0.1) is 0 Å². The molecule has 0 spiro atoms. The van der Waals surface area contributed by atoms with Crippen LogP contribution in [0.4, 0.5) is 0 Å². The Bertz CT molecular complexity index is 469. The molecule has 0 saturated carbocycles. The molecule has 1 rings (SSSR count). The fraction of sp³-hybridized carbons (Fsp3) is 0.700. The van der Waals surface area contributed by atoms with Gasteiger partial charge in [0.05, 0.1) is 18.5 Å². The molecule has 0 aliphatic rings. The Morgan fingerprint density at radius 3 is 2.67 bits per heavy atom. The lowest BCUT2D eigenvalue weighted by molar-refractivity contribution is 0.199. The van der Waals surface area contributed by atoms with Gasteiger partial charge in [0.1, 0.15) is 4.90 Å². The summed E-state index contributed by atoms with van der Waals surface area (Å²) >= 11 is 0. The van der Waals surface area contributed by atoms with Crippen molar-refractivity contribution in [2.24, 2.45) is 7.05 Å². The SMILES string of the molecule is COCCNCCNS(=O)(=O)c1cnn(C)c1C. The van der Waals surface area contributed by atoms with Gasteiger partial charge in [0.15, 0.2) is 0 Å². The van der Waals surface area contributed by atoms with Crippen LogP contribution in [0.1, 0.15) is 5.69 Å². The van der Waals surface area contributed by atoms with Crippen molar-refractivity contribution in [2.75, 3.05) is 33.4 Å². The molecule has 2 N–H and O–H groups in total. The molecule has 0 aliphatic heterocycles. The minimum Gasteiger partial charge on any atom is -0.383 e. The summed E-state index contributed by atoms with van der Waals surface area (Å²) in [5, 5.41) is 6.97. The van der Waals surface area contributed by atoms with E-state index in [0.717, 1.165) is 0 Å². The minimum atomic E-state index is -3.47. The van der Waals surface area contributed by atoms with E-state index in [0.29, 0.717) is 31.9 Å². The van der Waals surface area contributed by atoms with Crippen molar-refractivity contribution < 1.29 is 13.2 Å². The largest absolute Gasteiger partial charge is 0.383 e. The van der Waals surface area contributed by atoms with Gasteiger partial charge < -0.3 is 10.1 Å². The first-order valence-electron chi connectivity index (χ1n) is 5.67. The van der Waals surface area contributed by atoms with Gasteiger partial charge in [0.2, 0.25) is 10.0 Å². The van der Waals surface area contributed by atoms with E-state index in [2.05, 4.69) is 15.1 Å². The summed E-state index contributed by atoms with van der Waals surface area (Å²) in [6, 6.07) is 0. The van der Waals surface area contributed by atoms with Crippen LogP contribution in [0.3, 0.4) is 0 Å². The van der Waals surface area contributed by atoms with E-state index in [4.69, 9.17) is 4.74 Å². The number of hydrogen-bond donors (Lipinski definition) is 2. The van der Waals surface area contributed by atoms with Gasteiger partial charge >= 0.3 is 0 Å². The van der Waals surface area contributed by atoms with E-state index in [9.17, 15) is 8.42 Å². The van der Waals surface area contributed by atoms with E-state index in [-0.39, 0.29) is 4.90 Å². The van der Waals surface area contributed by atoms with Crippen molar-refractivity contribution in [3.05, 3.63) is 11.9 Å². The van der Waals surface area contributed by atoms with Crippen LogP contribution < -0.4 is 10.0 Å². The van der Waals surface area contributed by atoms with Gasteiger partial charge in [-0.1, -0.05) is 0 Å². The monoisotopic (exact) mass is 276 g/mol. The number of methoxy groups -OCH3 is 1. The van der Waals surface area contributed by atoms with Gasteiger partial charge in [0, 0.05) is 33.8 Å². The third kappa shape index (κ3) is 4.05. The molecule has 1 aromatic heterocycles. The molecule has 1 aromatic rings. The molecule has 18 heavy (non-hydrogen) atoms. The molecule has 0 aromatic carbocycles. The molecule has 0 bridgehead atoms. The summed E-state index contributed by atoms with van der Waals surface area (Å²) in [5.74, 6) is 0. The zero-order chi connectivity index (χ0) is 13.6. The molecule has 0 aliphatic carbocycles. The number of hydrogen-bond acceptors (Lipinski definition) is 5. The topological polar surface area (TPSA) is 85.2 Å². The zero-order valence-corrected chi connectivity index (χ0v) is 11.7. The van der Waals surface area contributed by atoms with E-state index in [1.54, 1.807) is 21.1 Å². The van der Waals surface area contributed by atoms with Crippen molar-refractivity contribution >= 4 is 10.0 Å². The molecule has 1 heterocycles. The maximum atomic E-state index is 11.9. The first kappa shape index (κ1) is 15.1. The Morgan fingerprint density at radius 2 is 2.11 bits per heavy atom. The van der Waals surface area contributed by atoms with Crippen molar-refractivity contribution in [3.63, 3.8) is 0 Å². The maximum Gasteiger partial charge on any atom is 0.244 e. The standard InChI is InChI=1S/C10H20N4O3S/c1-9-10(8-12-14(9)2)18(15,16)13-5-4-11-6-7-17-3/h8,11,13H,4-7H2,1-3H3. The van der Waals surface area contributed by atoms with Crippen molar-refractivity contribution in [1.29, 1.82) is 0 Å². The van der Waals surface area contributed by atoms with Crippen molar-refractivity contribution in [3.8, 4) is 0 Å². The van der Waals surface area contributed by atoms with Crippen LogP contribution in [0.15, 0.2) is 11.1 Å². The van der Waals surface area contributed by atoms with E-state index >= 15 is 0 Å². The summed E-state index contributed by atoms with van der Waals surface area (Å²) in [6.07, 6.45) is 1.36. The zero-order valence-electron chi connectivity index (χ0n) is 10.9. The lowest BCUT2D eigenvalue weighted by Gasteiger charge is -2.07.